The first-order chi connectivity index (χ1) is 15.0. The number of benzene rings is 2. The Kier molecular flexibility index (Phi) is 5.70. The highest BCUT2D eigenvalue weighted by atomic mass is 16.5. The molecule has 1 saturated heterocycles. The largest absolute Gasteiger partial charge is 0.494 e. The van der Waals surface area contributed by atoms with Crippen molar-refractivity contribution in [1.82, 2.24) is 10.2 Å². The second-order valence-electron chi connectivity index (χ2n) is 7.46. The Morgan fingerprint density at radius 3 is 2.29 bits per heavy atom. The van der Waals surface area contributed by atoms with Crippen molar-refractivity contribution in [3.63, 3.8) is 0 Å². The van der Waals surface area contributed by atoms with Gasteiger partial charge in [0.05, 0.1) is 23.8 Å². The van der Waals surface area contributed by atoms with Crippen molar-refractivity contribution in [1.29, 1.82) is 0 Å². The van der Waals surface area contributed by atoms with Crippen molar-refractivity contribution in [2.45, 2.75) is 25.8 Å². The van der Waals surface area contributed by atoms with Crippen LogP contribution in [0, 0.1) is 0 Å². The summed E-state index contributed by atoms with van der Waals surface area (Å²) in [6.45, 7) is 2.84. The quantitative estimate of drug-likeness (QED) is 0.690. The molecule has 1 fully saturated rings. The van der Waals surface area contributed by atoms with Crippen molar-refractivity contribution >= 4 is 29.3 Å². The topological polar surface area (TPSA) is 96.0 Å². The highest BCUT2D eigenvalue weighted by molar-refractivity contribution is 6.21. The molecule has 0 bridgehead atoms. The molecule has 0 unspecified atom stereocenters. The van der Waals surface area contributed by atoms with Crippen LogP contribution in [0.2, 0.25) is 0 Å². The van der Waals surface area contributed by atoms with Gasteiger partial charge >= 0.3 is 0 Å². The van der Waals surface area contributed by atoms with E-state index in [0.717, 1.165) is 16.3 Å². The maximum atomic E-state index is 12.4. The van der Waals surface area contributed by atoms with E-state index in [-0.39, 0.29) is 49.1 Å². The molecular weight excluding hydrogens is 398 g/mol. The number of hydrogen-bond donors (Lipinski definition) is 1. The molecule has 4 rings (SSSR count). The number of amides is 4. The van der Waals surface area contributed by atoms with Crippen molar-refractivity contribution in [3.05, 3.63) is 59.7 Å². The predicted molar refractivity (Wildman–Crippen MR) is 113 cm³/mol. The van der Waals surface area contributed by atoms with E-state index in [1.54, 1.807) is 41.3 Å². The van der Waals surface area contributed by atoms with Gasteiger partial charge in [0.25, 0.3) is 11.8 Å². The molecular formula is C23H23N3O5. The average Bonchev–Trinajstić information content (AvgIpc) is 3.24. The number of nitrogens with zero attached hydrogens (tertiary/aromatic N) is 2. The Bertz CT molecular complexity index is 999. The van der Waals surface area contributed by atoms with Gasteiger partial charge in [-0.2, -0.15) is 0 Å². The molecule has 0 spiro atoms. The first-order valence-electron chi connectivity index (χ1n) is 10.3. The first kappa shape index (κ1) is 20.6. The van der Waals surface area contributed by atoms with Crippen molar-refractivity contribution in [2.24, 2.45) is 0 Å². The molecule has 4 amide bonds. The fraction of sp³-hybridized carbons (Fsp3) is 0.304. The van der Waals surface area contributed by atoms with Gasteiger partial charge in [-0.3, -0.25) is 24.1 Å². The Morgan fingerprint density at radius 2 is 1.68 bits per heavy atom. The monoisotopic (exact) mass is 421 g/mol. The zero-order valence-corrected chi connectivity index (χ0v) is 17.2. The minimum atomic E-state index is -0.383. The smallest absolute Gasteiger partial charge is 0.261 e. The lowest BCUT2D eigenvalue weighted by Gasteiger charge is -2.18. The van der Waals surface area contributed by atoms with Crippen LogP contribution in [0.5, 0.6) is 5.75 Å². The zero-order chi connectivity index (χ0) is 22.0. The molecule has 0 saturated carbocycles. The van der Waals surface area contributed by atoms with Gasteiger partial charge in [0.15, 0.2) is 0 Å². The molecule has 1 N–H and O–H groups in total. The van der Waals surface area contributed by atoms with Gasteiger partial charge in [0.1, 0.15) is 5.75 Å². The maximum Gasteiger partial charge on any atom is 0.261 e. The Morgan fingerprint density at radius 1 is 1.03 bits per heavy atom. The maximum absolute atomic E-state index is 12.4. The summed E-state index contributed by atoms with van der Waals surface area (Å²) >= 11 is 0. The Hall–Kier alpha value is -3.68. The number of hydrogen-bond acceptors (Lipinski definition) is 5. The van der Waals surface area contributed by atoms with E-state index >= 15 is 0 Å². The number of carbonyl (C=O) groups excluding carboxylic acids is 4. The molecule has 0 radical (unpaired) electrons. The Balaban J connectivity index is 1.30. The zero-order valence-electron chi connectivity index (χ0n) is 17.2. The number of nitrogens with one attached hydrogen (secondary N) is 1. The number of anilines is 1. The molecule has 2 aliphatic rings. The molecule has 0 aromatic heterocycles. The number of imide groups is 1. The molecule has 0 aliphatic carbocycles. The predicted octanol–water partition coefficient (Wildman–Crippen LogP) is 1.99. The van der Waals surface area contributed by atoms with E-state index in [9.17, 15) is 19.2 Å². The lowest BCUT2D eigenvalue weighted by Crippen LogP contribution is -2.39. The van der Waals surface area contributed by atoms with E-state index in [1.165, 1.54) is 0 Å². The van der Waals surface area contributed by atoms with Gasteiger partial charge in [-0.1, -0.05) is 12.1 Å². The molecule has 8 heteroatoms. The van der Waals surface area contributed by atoms with Crippen LogP contribution in [-0.4, -0.2) is 54.3 Å². The summed E-state index contributed by atoms with van der Waals surface area (Å²) in [5.74, 6) is -0.411. The molecule has 31 heavy (non-hydrogen) atoms. The van der Waals surface area contributed by atoms with Crippen LogP contribution in [0.3, 0.4) is 0 Å². The third kappa shape index (κ3) is 4.14. The highest BCUT2D eigenvalue weighted by Gasteiger charge is 2.36. The van der Waals surface area contributed by atoms with E-state index in [4.69, 9.17) is 4.74 Å². The lowest BCUT2D eigenvalue weighted by atomic mass is 10.1. The Labute approximate surface area is 179 Å². The van der Waals surface area contributed by atoms with Crippen LogP contribution in [0.1, 0.15) is 40.5 Å². The van der Waals surface area contributed by atoms with Crippen LogP contribution in [0.4, 0.5) is 5.69 Å². The second-order valence-corrected chi connectivity index (χ2v) is 7.46. The standard InChI is InChI=1S/C23H23N3O5/c1-2-31-17-9-7-16(8-10-17)26-14-15(13-21(26)28)24-20(27)11-12-25-22(29)18-5-3-4-6-19(18)23(25)30/h3-10,15H,2,11-14H2,1H3,(H,24,27)/t15-/m0/s1. The third-order valence-electron chi connectivity index (χ3n) is 5.39. The normalized spacial score (nSPS) is 17.8. The summed E-state index contributed by atoms with van der Waals surface area (Å²) in [4.78, 5) is 52.3. The lowest BCUT2D eigenvalue weighted by molar-refractivity contribution is -0.121. The minimum Gasteiger partial charge on any atom is -0.494 e. The summed E-state index contributed by atoms with van der Waals surface area (Å²) in [6, 6.07) is 13.5. The number of carbonyl (C=O) groups is 4. The van der Waals surface area contributed by atoms with Gasteiger partial charge in [-0.15, -0.1) is 0 Å². The fourth-order valence-corrected chi connectivity index (χ4v) is 3.90. The van der Waals surface area contributed by atoms with Gasteiger partial charge in [0, 0.05) is 31.6 Å². The molecule has 2 heterocycles. The van der Waals surface area contributed by atoms with Crippen LogP contribution in [0.15, 0.2) is 48.5 Å². The number of ether oxygens (including phenoxy) is 1. The van der Waals surface area contributed by atoms with Gasteiger partial charge in [0.2, 0.25) is 11.8 Å². The van der Waals surface area contributed by atoms with E-state index in [1.807, 2.05) is 19.1 Å². The SMILES string of the molecule is CCOc1ccc(N2C[C@@H](NC(=O)CCN3C(=O)c4ccccc4C3=O)CC2=O)cc1. The van der Waals surface area contributed by atoms with Crippen molar-refractivity contribution in [3.8, 4) is 5.75 Å². The van der Waals surface area contributed by atoms with Gasteiger partial charge in [-0.05, 0) is 43.3 Å². The summed E-state index contributed by atoms with van der Waals surface area (Å²) in [6.07, 6.45) is 0.186. The average molecular weight is 421 g/mol. The number of fused-ring (bicyclic) bond motifs is 1. The summed E-state index contributed by atoms with van der Waals surface area (Å²) in [5, 5.41) is 2.84. The second kappa shape index (κ2) is 8.59. The molecule has 8 nitrogen and oxygen atoms in total. The van der Waals surface area contributed by atoms with Crippen molar-refractivity contribution < 1.29 is 23.9 Å². The van der Waals surface area contributed by atoms with Gasteiger partial charge in [-0.25, -0.2) is 0 Å². The minimum absolute atomic E-state index is 0.00144. The van der Waals surface area contributed by atoms with Crippen molar-refractivity contribution in [2.75, 3.05) is 24.6 Å². The number of rotatable bonds is 7. The third-order valence-corrected chi connectivity index (χ3v) is 5.39. The van der Waals surface area contributed by atoms with E-state index in [0.29, 0.717) is 24.3 Å². The highest BCUT2D eigenvalue weighted by Crippen LogP contribution is 2.25. The van der Waals surface area contributed by atoms with Crippen LogP contribution in [-0.2, 0) is 9.59 Å². The molecule has 2 aromatic rings. The first-order valence-corrected chi connectivity index (χ1v) is 10.3. The molecule has 1 atom stereocenters. The van der Waals surface area contributed by atoms with Crippen LogP contribution >= 0.6 is 0 Å². The summed E-state index contributed by atoms with van der Waals surface area (Å²) < 4.78 is 5.42. The summed E-state index contributed by atoms with van der Waals surface area (Å²) in [7, 11) is 0. The molecule has 160 valence electrons. The summed E-state index contributed by atoms with van der Waals surface area (Å²) in [5.41, 5.74) is 1.47. The fourth-order valence-electron chi connectivity index (χ4n) is 3.90. The molecule has 2 aliphatic heterocycles. The molecule has 2 aromatic carbocycles. The van der Waals surface area contributed by atoms with Crippen LogP contribution in [0.25, 0.3) is 0 Å². The van der Waals surface area contributed by atoms with E-state index in [2.05, 4.69) is 5.32 Å². The van der Waals surface area contributed by atoms with Gasteiger partial charge < -0.3 is 15.0 Å². The van der Waals surface area contributed by atoms with Crippen LogP contribution < -0.4 is 15.0 Å². The van der Waals surface area contributed by atoms with E-state index < -0.39 is 0 Å².